The first-order valence-corrected chi connectivity index (χ1v) is 8.85. The minimum atomic E-state index is -0.413. The number of ether oxygens (including phenoxy) is 2. The first-order valence-electron chi connectivity index (χ1n) is 8.85. The van der Waals surface area contributed by atoms with Crippen LogP contribution in [-0.4, -0.2) is 22.9 Å². The van der Waals surface area contributed by atoms with Gasteiger partial charge in [-0.25, -0.2) is 0 Å². The number of hydrogen-bond acceptors (Lipinski definition) is 6. The van der Waals surface area contributed by atoms with Gasteiger partial charge in [-0.3, -0.25) is 0 Å². The fourth-order valence-electron chi connectivity index (χ4n) is 3.31. The number of fused-ring (bicyclic) bond motifs is 1. The molecule has 0 bridgehead atoms. The van der Waals surface area contributed by atoms with Crippen molar-refractivity contribution in [1.82, 2.24) is 10.1 Å². The van der Waals surface area contributed by atoms with Crippen molar-refractivity contribution in [1.29, 1.82) is 0 Å². The maximum atomic E-state index is 6.24. The fourth-order valence-corrected chi connectivity index (χ4v) is 3.31. The average Bonchev–Trinajstić information content (AvgIpc) is 3.16. The molecule has 0 radical (unpaired) electrons. The van der Waals surface area contributed by atoms with Crippen LogP contribution in [-0.2, 0) is 12.0 Å². The standard InChI is InChI=1S/C19H23N3O3/c1-3-23-15-11-14-9-12(2)24-16(14)10-13(15)5-6-17-21-18(22-25-17)19(20)7-4-8-19/h5-6,10-12H,3-4,7-9,20H2,1-2H3/b6-5+. The van der Waals surface area contributed by atoms with E-state index < -0.39 is 5.54 Å². The van der Waals surface area contributed by atoms with Gasteiger partial charge >= 0.3 is 0 Å². The summed E-state index contributed by atoms with van der Waals surface area (Å²) in [6, 6.07) is 4.07. The third-order valence-corrected chi connectivity index (χ3v) is 4.87. The van der Waals surface area contributed by atoms with E-state index in [2.05, 4.69) is 23.1 Å². The van der Waals surface area contributed by atoms with Crippen LogP contribution in [0.25, 0.3) is 12.2 Å². The lowest BCUT2D eigenvalue weighted by Gasteiger charge is -2.34. The molecule has 2 heterocycles. The third-order valence-electron chi connectivity index (χ3n) is 4.87. The third kappa shape index (κ3) is 3.02. The van der Waals surface area contributed by atoms with E-state index in [-0.39, 0.29) is 6.10 Å². The van der Waals surface area contributed by atoms with Crippen LogP contribution < -0.4 is 15.2 Å². The van der Waals surface area contributed by atoms with Crippen LogP contribution >= 0.6 is 0 Å². The molecule has 1 saturated carbocycles. The SMILES string of the molecule is CCOc1cc2c(cc1/C=C/c1nc(C3(N)CCC3)no1)OC(C)C2. The first kappa shape index (κ1) is 16.1. The normalized spacial score (nSPS) is 21.0. The van der Waals surface area contributed by atoms with E-state index in [9.17, 15) is 0 Å². The maximum absolute atomic E-state index is 6.24. The van der Waals surface area contributed by atoms with Crippen molar-refractivity contribution in [3.8, 4) is 11.5 Å². The van der Waals surface area contributed by atoms with Gasteiger partial charge in [-0.1, -0.05) is 5.16 Å². The van der Waals surface area contributed by atoms with E-state index >= 15 is 0 Å². The summed E-state index contributed by atoms with van der Waals surface area (Å²) < 4.78 is 16.9. The molecule has 1 aromatic carbocycles. The van der Waals surface area contributed by atoms with Gasteiger partial charge in [0.15, 0.2) is 5.82 Å². The Balaban J connectivity index is 1.59. The molecule has 0 saturated heterocycles. The minimum absolute atomic E-state index is 0.199. The number of rotatable bonds is 5. The molecule has 2 aliphatic rings. The van der Waals surface area contributed by atoms with Gasteiger partial charge in [-0.05, 0) is 51.3 Å². The van der Waals surface area contributed by atoms with E-state index in [0.717, 1.165) is 42.7 Å². The van der Waals surface area contributed by atoms with Crippen LogP contribution in [0.3, 0.4) is 0 Å². The van der Waals surface area contributed by atoms with Crippen molar-refractivity contribution in [3.63, 3.8) is 0 Å². The second-order valence-corrected chi connectivity index (χ2v) is 6.86. The smallest absolute Gasteiger partial charge is 0.250 e. The Morgan fingerprint density at radius 2 is 2.20 bits per heavy atom. The van der Waals surface area contributed by atoms with Gasteiger partial charge in [0.2, 0.25) is 0 Å². The van der Waals surface area contributed by atoms with Gasteiger partial charge < -0.3 is 19.7 Å². The average molecular weight is 341 g/mol. The topological polar surface area (TPSA) is 83.4 Å². The van der Waals surface area contributed by atoms with Crippen LogP contribution in [0.1, 0.15) is 56.0 Å². The Morgan fingerprint density at radius 3 is 2.92 bits per heavy atom. The zero-order valence-electron chi connectivity index (χ0n) is 14.6. The highest BCUT2D eigenvalue weighted by molar-refractivity contribution is 5.72. The molecule has 6 nitrogen and oxygen atoms in total. The second-order valence-electron chi connectivity index (χ2n) is 6.86. The van der Waals surface area contributed by atoms with E-state index in [0.29, 0.717) is 18.3 Å². The molecule has 1 aliphatic heterocycles. The highest BCUT2D eigenvalue weighted by Gasteiger charge is 2.38. The Hall–Kier alpha value is -2.34. The maximum Gasteiger partial charge on any atom is 0.250 e. The predicted molar refractivity (Wildman–Crippen MR) is 94.3 cm³/mol. The summed E-state index contributed by atoms with van der Waals surface area (Å²) in [5.41, 5.74) is 7.94. The van der Waals surface area contributed by atoms with Crippen LogP contribution in [0.2, 0.25) is 0 Å². The van der Waals surface area contributed by atoms with Gasteiger partial charge in [0.25, 0.3) is 5.89 Å². The van der Waals surface area contributed by atoms with E-state index in [1.165, 1.54) is 5.56 Å². The van der Waals surface area contributed by atoms with Crippen molar-refractivity contribution in [2.75, 3.05) is 6.61 Å². The van der Waals surface area contributed by atoms with Gasteiger partial charge in [0.05, 0.1) is 12.1 Å². The highest BCUT2D eigenvalue weighted by Crippen LogP contribution is 2.38. The molecule has 25 heavy (non-hydrogen) atoms. The Bertz CT molecular complexity index is 808. The molecular formula is C19H23N3O3. The zero-order valence-corrected chi connectivity index (χ0v) is 14.6. The van der Waals surface area contributed by atoms with Gasteiger partial charge in [0.1, 0.15) is 17.6 Å². The quantitative estimate of drug-likeness (QED) is 0.898. The number of benzene rings is 1. The fraction of sp³-hybridized carbons (Fsp3) is 0.474. The molecule has 6 heteroatoms. The summed E-state index contributed by atoms with van der Waals surface area (Å²) in [4.78, 5) is 4.42. The van der Waals surface area contributed by atoms with Gasteiger partial charge in [-0.2, -0.15) is 4.98 Å². The van der Waals surface area contributed by atoms with Crippen molar-refractivity contribution in [3.05, 3.63) is 35.0 Å². The molecule has 1 unspecified atom stereocenters. The summed E-state index contributed by atoms with van der Waals surface area (Å²) in [5, 5.41) is 4.03. The van der Waals surface area contributed by atoms with Crippen LogP contribution in [0.5, 0.6) is 11.5 Å². The number of nitrogens with two attached hydrogens (primary N) is 1. The summed E-state index contributed by atoms with van der Waals surface area (Å²) in [5.74, 6) is 2.79. The lowest BCUT2D eigenvalue weighted by molar-refractivity contribution is 0.229. The van der Waals surface area contributed by atoms with E-state index in [1.807, 2.05) is 19.1 Å². The summed E-state index contributed by atoms with van der Waals surface area (Å²) >= 11 is 0. The molecule has 132 valence electrons. The molecule has 1 fully saturated rings. The molecule has 1 atom stereocenters. The molecule has 1 aromatic heterocycles. The minimum Gasteiger partial charge on any atom is -0.493 e. The lowest BCUT2D eigenvalue weighted by atomic mass is 9.77. The molecular weight excluding hydrogens is 318 g/mol. The summed E-state index contributed by atoms with van der Waals surface area (Å²) in [6.45, 7) is 4.65. The number of nitrogens with zero attached hydrogens (tertiary/aromatic N) is 2. The van der Waals surface area contributed by atoms with Crippen LogP contribution in [0.15, 0.2) is 16.7 Å². The Morgan fingerprint density at radius 1 is 1.36 bits per heavy atom. The monoisotopic (exact) mass is 341 g/mol. The van der Waals surface area contributed by atoms with Gasteiger partial charge in [-0.15, -0.1) is 0 Å². The number of aromatic nitrogens is 2. The largest absolute Gasteiger partial charge is 0.493 e. The molecule has 2 N–H and O–H groups in total. The predicted octanol–water partition coefficient (Wildman–Crippen LogP) is 3.30. The second kappa shape index (κ2) is 6.19. The Labute approximate surface area is 147 Å². The van der Waals surface area contributed by atoms with E-state index in [4.69, 9.17) is 19.7 Å². The van der Waals surface area contributed by atoms with Crippen molar-refractivity contribution >= 4 is 12.2 Å². The van der Waals surface area contributed by atoms with Gasteiger partial charge in [0, 0.05) is 23.6 Å². The molecule has 1 aliphatic carbocycles. The zero-order chi connectivity index (χ0) is 17.4. The van der Waals surface area contributed by atoms with Crippen LogP contribution in [0.4, 0.5) is 0 Å². The molecule has 0 spiro atoms. The highest BCUT2D eigenvalue weighted by atomic mass is 16.5. The van der Waals surface area contributed by atoms with Crippen molar-refractivity contribution in [2.45, 2.75) is 51.2 Å². The van der Waals surface area contributed by atoms with Crippen molar-refractivity contribution < 1.29 is 14.0 Å². The van der Waals surface area contributed by atoms with E-state index in [1.54, 1.807) is 6.08 Å². The first-order chi connectivity index (χ1) is 12.1. The lowest BCUT2D eigenvalue weighted by Crippen LogP contribution is -2.44. The summed E-state index contributed by atoms with van der Waals surface area (Å²) in [7, 11) is 0. The molecule has 2 aromatic rings. The Kier molecular flexibility index (Phi) is 4.00. The van der Waals surface area contributed by atoms with Crippen molar-refractivity contribution in [2.24, 2.45) is 5.73 Å². The molecule has 0 amide bonds. The van der Waals surface area contributed by atoms with Crippen LogP contribution in [0, 0.1) is 0 Å². The number of hydrogen-bond donors (Lipinski definition) is 1. The molecule has 4 rings (SSSR count). The summed E-state index contributed by atoms with van der Waals surface area (Å²) in [6.07, 6.45) is 7.74.